The van der Waals surface area contributed by atoms with Crippen molar-refractivity contribution in [1.82, 2.24) is 19.5 Å². The van der Waals surface area contributed by atoms with Crippen molar-refractivity contribution in [1.29, 1.82) is 0 Å². The minimum absolute atomic E-state index is 0.0820. The van der Waals surface area contributed by atoms with Gasteiger partial charge < -0.3 is 24.5 Å². The molecule has 0 atom stereocenters. The van der Waals surface area contributed by atoms with E-state index in [9.17, 15) is 14.7 Å². The van der Waals surface area contributed by atoms with Crippen LogP contribution in [0.2, 0.25) is 0 Å². The second-order valence-electron chi connectivity index (χ2n) is 9.45. The van der Waals surface area contributed by atoms with Crippen LogP contribution in [0.3, 0.4) is 0 Å². The van der Waals surface area contributed by atoms with Gasteiger partial charge in [-0.15, -0.1) is 0 Å². The number of nitrogens with zero attached hydrogens (tertiary/aromatic N) is 3. The maximum absolute atomic E-state index is 12.4. The zero-order chi connectivity index (χ0) is 29.1. The first-order valence-corrected chi connectivity index (χ1v) is 13.8. The fourth-order valence-electron chi connectivity index (χ4n) is 4.37. The molecular weight excluding hydrogens is 554 g/mol. The first-order chi connectivity index (χ1) is 20.4. The molecule has 10 nitrogen and oxygen atoms in total. The second-order valence-corrected chi connectivity index (χ2v) is 10.5. The van der Waals surface area contributed by atoms with E-state index in [2.05, 4.69) is 15.3 Å². The second kappa shape index (κ2) is 11.6. The third-order valence-corrected chi connectivity index (χ3v) is 7.46. The van der Waals surface area contributed by atoms with E-state index in [1.54, 1.807) is 48.8 Å². The van der Waals surface area contributed by atoms with E-state index in [1.807, 2.05) is 54.1 Å². The predicted octanol–water partition coefficient (Wildman–Crippen LogP) is 5.64. The van der Waals surface area contributed by atoms with Gasteiger partial charge in [-0.1, -0.05) is 23.5 Å². The zero-order valence-electron chi connectivity index (χ0n) is 22.4. The number of imidazole rings is 1. The summed E-state index contributed by atoms with van der Waals surface area (Å²) in [4.78, 5) is 35.1. The van der Waals surface area contributed by atoms with Gasteiger partial charge >= 0.3 is 4.87 Å². The molecule has 0 unspecified atom stereocenters. The van der Waals surface area contributed by atoms with Gasteiger partial charge in [-0.25, -0.2) is 4.98 Å². The average Bonchev–Trinajstić information content (AvgIpc) is 3.50. The average molecular weight is 580 g/mol. The molecule has 3 aromatic heterocycles. The maximum atomic E-state index is 12.4. The summed E-state index contributed by atoms with van der Waals surface area (Å²) in [6.45, 7) is 0.271. The Balaban J connectivity index is 1.08. The number of fused-ring (bicyclic) bond motifs is 1. The van der Waals surface area contributed by atoms with Crippen LogP contribution >= 0.6 is 11.3 Å². The van der Waals surface area contributed by atoms with Crippen LogP contribution in [0.4, 0.5) is 5.69 Å². The summed E-state index contributed by atoms with van der Waals surface area (Å²) in [7, 11) is 1.93. The third-order valence-electron chi connectivity index (χ3n) is 6.59. The van der Waals surface area contributed by atoms with Crippen molar-refractivity contribution in [3.8, 4) is 23.1 Å². The Kier molecular flexibility index (Phi) is 7.39. The summed E-state index contributed by atoms with van der Waals surface area (Å²) in [6, 6.07) is 23.7. The molecule has 0 saturated carbocycles. The highest BCUT2D eigenvalue weighted by Crippen LogP contribution is 2.28. The van der Waals surface area contributed by atoms with Crippen LogP contribution in [0.1, 0.15) is 26.6 Å². The number of aromatic hydroxyl groups is 1. The number of H-pyrrole nitrogens is 1. The summed E-state index contributed by atoms with van der Waals surface area (Å²) < 4.78 is 14.0. The molecule has 42 heavy (non-hydrogen) atoms. The van der Waals surface area contributed by atoms with Crippen LogP contribution < -0.4 is 19.7 Å². The normalized spacial score (nSPS) is 11.0. The van der Waals surface area contributed by atoms with Gasteiger partial charge in [-0.2, -0.15) is 0 Å². The number of amides is 1. The number of ether oxygens (including phenoxy) is 2. The van der Waals surface area contributed by atoms with E-state index in [1.165, 1.54) is 0 Å². The number of pyridine rings is 1. The number of hydrogen-bond donors (Lipinski definition) is 3. The molecule has 1 amide bonds. The number of anilines is 1. The van der Waals surface area contributed by atoms with Crippen LogP contribution in [0, 0.1) is 0 Å². The number of carbonyl (C=O) groups is 1. The van der Waals surface area contributed by atoms with Crippen LogP contribution in [0.15, 0.2) is 96.1 Å². The lowest BCUT2D eigenvalue weighted by atomic mass is 10.1. The number of thiazole rings is 1. The fourth-order valence-corrected chi connectivity index (χ4v) is 5.13. The number of hydrogen-bond acceptors (Lipinski definition) is 8. The molecule has 0 spiro atoms. The monoisotopic (exact) mass is 579 g/mol. The van der Waals surface area contributed by atoms with Gasteiger partial charge in [0.15, 0.2) is 0 Å². The van der Waals surface area contributed by atoms with E-state index < -0.39 is 0 Å². The summed E-state index contributed by atoms with van der Waals surface area (Å²) in [6.07, 6.45) is 3.61. The molecule has 3 N–H and O–H groups in total. The summed E-state index contributed by atoms with van der Waals surface area (Å²) in [5.74, 6) is 2.43. The molecule has 0 fully saturated rings. The lowest BCUT2D eigenvalue weighted by Crippen LogP contribution is -2.11. The van der Waals surface area contributed by atoms with E-state index >= 15 is 0 Å². The van der Waals surface area contributed by atoms with Crippen LogP contribution in [0.5, 0.6) is 23.1 Å². The molecule has 0 aliphatic carbocycles. The van der Waals surface area contributed by atoms with E-state index in [4.69, 9.17) is 14.5 Å². The van der Waals surface area contributed by atoms with Gasteiger partial charge in [-0.05, 0) is 66.2 Å². The summed E-state index contributed by atoms with van der Waals surface area (Å²) >= 11 is 1.000. The molecule has 210 valence electrons. The topological polar surface area (TPSA) is 131 Å². The predicted molar refractivity (Wildman–Crippen MR) is 160 cm³/mol. The minimum Gasteiger partial charge on any atom is -0.494 e. The number of benzene rings is 3. The number of rotatable bonds is 9. The Morgan fingerprint density at radius 1 is 0.976 bits per heavy atom. The lowest BCUT2D eigenvalue weighted by molar-refractivity contribution is 0.102. The van der Waals surface area contributed by atoms with Crippen LogP contribution in [0.25, 0.3) is 11.0 Å². The number of aromatic amines is 1. The van der Waals surface area contributed by atoms with Crippen molar-refractivity contribution in [2.75, 3.05) is 5.32 Å². The highest BCUT2D eigenvalue weighted by molar-refractivity contribution is 7.09. The maximum Gasteiger partial charge on any atom is 0.307 e. The number of carbonyl (C=O) groups excluding carboxylic acids is 1. The molecule has 3 heterocycles. The highest BCUT2D eigenvalue weighted by Gasteiger charge is 2.12. The Morgan fingerprint density at radius 2 is 1.69 bits per heavy atom. The molecule has 11 heteroatoms. The van der Waals surface area contributed by atoms with Crippen LogP contribution in [-0.2, 0) is 20.1 Å². The molecule has 6 rings (SSSR count). The van der Waals surface area contributed by atoms with Crippen molar-refractivity contribution in [2.45, 2.75) is 13.0 Å². The van der Waals surface area contributed by atoms with Gasteiger partial charge in [-0.3, -0.25) is 19.6 Å². The quantitative estimate of drug-likeness (QED) is 0.202. The first-order valence-electron chi connectivity index (χ1n) is 13.0. The Labute approximate surface area is 243 Å². The number of aryl methyl sites for hydroxylation is 1. The van der Waals surface area contributed by atoms with E-state index in [0.717, 1.165) is 33.8 Å². The molecule has 0 bridgehead atoms. The molecule has 3 aromatic carbocycles. The van der Waals surface area contributed by atoms with E-state index in [0.29, 0.717) is 39.8 Å². The lowest BCUT2D eigenvalue weighted by Gasteiger charge is -2.09. The van der Waals surface area contributed by atoms with E-state index in [-0.39, 0.29) is 23.3 Å². The summed E-state index contributed by atoms with van der Waals surface area (Å²) in [5, 5.41) is 12.7. The standard InChI is InChI=1S/C31H25N5O5S/c1-36-26-17-24(41-23-8-4-21(5-9-23)33-29(37)20-12-14-32-15-13-20)10-11-25(26)34-28(36)18-40-22-6-2-19(3-7-22)16-27-30(38)35-31(39)42-27/h2-15,17,38H,16,18H2,1H3,(H,33,37)(H,35,39). The highest BCUT2D eigenvalue weighted by atomic mass is 32.1. The molecule has 0 radical (unpaired) electrons. The van der Waals surface area contributed by atoms with Gasteiger partial charge in [0.25, 0.3) is 5.91 Å². The largest absolute Gasteiger partial charge is 0.494 e. The molecule has 0 saturated heterocycles. The smallest absolute Gasteiger partial charge is 0.307 e. The van der Waals surface area contributed by atoms with Gasteiger partial charge in [0.2, 0.25) is 5.88 Å². The molecular formula is C31H25N5O5S. The third kappa shape index (κ3) is 6.01. The Hall–Kier alpha value is -5.42. The van der Waals surface area contributed by atoms with Crippen LogP contribution in [-0.4, -0.2) is 30.5 Å². The van der Waals surface area contributed by atoms with Gasteiger partial charge in [0, 0.05) is 43.2 Å². The van der Waals surface area contributed by atoms with Crippen molar-refractivity contribution in [2.24, 2.45) is 7.05 Å². The van der Waals surface area contributed by atoms with Gasteiger partial charge in [0.05, 0.1) is 15.9 Å². The van der Waals surface area contributed by atoms with Crippen molar-refractivity contribution in [3.63, 3.8) is 0 Å². The zero-order valence-corrected chi connectivity index (χ0v) is 23.2. The summed E-state index contributed by atoms with van der Waals surface area (Å²) in [5.41, 5.74) is 3.85. The van der Waals surface area contributed by atoms with Crippen molar-refractivity contribution < 1.29 is 19.4 Å². The molecule has 0 aliphatic rings. The molecule has 0 aliphatic heterocycles. The van der Waals surface area contributed by atoms with Crippen molar-refractivity contribution >= 4 is 34.0 Å². The number of nitrogens with one attached hydrogen (secondary N) is 2. The molecule has 6 aromatic rings. The Morgan fingerprint density at radius 3 is 2.40 bits per heavy atom. The first kappa shape index (κ1) is 26.8. The van der Waals surface area contributed by atoms with Gasteiger partial charge in [0.1, 0.15) is 29.7 Å². The van der Waals surface area contributed by atoms with Crippen molar-refractivity contribution in [3.05, 3.63) is 123 Å². The SMILES string of the molecule is Cn1c(COc2ccc(Cc3sc(=O)[nH]c3O)cc2)nc2ccc(Oc3ccc(NC(=O)c4ccncc4)cc3)cc21. The minimum atomic E-state index is -0.276. The Bertz CT molecular complexity index is 1910. The fraction of sp³-hybridized carbons (Fsp3) is 0.0968. The number of aromatic nitrogens is 4.